The van der Waals surface area contributed by atoms with Gasteiger partial charge in [-0.25, -0.2) is 9.97 Å². The molecule has 0 aliphatic heterocycles. The van der Waals surface area contributed by atoms with Crippen LogP contribution in [0.1, 0.15) is 21.6 Å². The zero-order chi connectivity index (χ0) is 16.9. The van der Waals surface area contributed by atoms with E-state index in [4.69, 9.17) is 11.6 Å². The largest absolute Gasteiger partial charge is 0.405 e. The van der Waals surface area contributed by atoms with Gasteiger partial charge in [-0.05, 0) is 24.3 Å². The molecule has 0 fully saturated rings. The molecule has 0 unspecified atom stereocenters. The zero-order valence-electron chi connectivity index (χ0n) is 11.5. The van der Waals surface area contributed by atoms with Crippen molar-refractivity contribution in [2.75, 3.05) is 6.54 Å². The molecule has 0 aromatic carbocycles. The minimum atomic E-state index is -4.47. The molecule has 1 amide bonds. The zero-order valence-corrected chi connectivity index (χ0v) is 12.2. The topological polar surface area (TPSA) is 54.9 Å². The molecule has 0 saturated heterocycles. The number of amides is 1. The van der Waals surface area contributed by atoms with Crippen molar-refractivity contribution < 1.29 is 18.0 Å². The Morgan fingerprint density at radius 1 is 1.17 bits per heavy atom. The number of alkyl halides is 3. The highest BCUT2D eigenvalue weighted by atomic mass is 35.5. The number of halogens is 4. The highest BCUT2D eigenvalue weighted by molar-refractivity contribution is 6.29. The monoisotopic (exact) mass is 339 g/mol. The van der Waals surface area contributed by atoms with Gasteiger partial charge in [0.1, 0.15) is 17.4 Å². The number of hydrogen-bond acceptors (Lipinski definition) is 3. The molecular formula is C15H9ClF3N3O. The summed E-state index contributed by atoms with van der Waals surface area (Å²) in [5, 5.41) is 2.05. The SMILES string of the molecule is O=C(NCC(F)(F)F)c1ccc(C#Cc2ccnc(Cl)c2)cn1. The molecule has 0 aliphatic rings. The van der Waals surface area contributed by atoms with Gasteiger partial charge >= 0.3 is 6.18 Å². The summed E-state index contributed by atoms with van der Waals surface area (Å²) in [5.74, 6) is 4.73. The molecule has 118 valence electrons. The molecule has 0 radical (unpaired) electrons. The number of aromatic nitrogens is 2. The lowest BCUT2D eigenvalue weighted by atomic mass is 10.2. The fourth-order valence-corrected chi connectivity index (χ4v) is 1.67. The Morgan fingerprint density at radius 3 is 2.52 bits per heavy atom. The molecule has 0 saturated carbocycles. The van der Waals surface area contributed by atoms with Crippen LogP contribution in [0.2, 0.25) is 5.15 Å². The Balaban J connectivity index is 2.04. The van der Waals surface area contributed by atoms with Crippen LogP contribution in [-0.4, -0.2) is 28.6 Å². The van der Waals surface area contributed by atoms with E-state index in [0.717, 1.165) is 0 Å². The Hall–Kier alpha value is -2.59. The number of hydrogen-bond donors (Lipinski definition) is 1. The number of pyridine rings is 2. The van der Waals surface area contributed by atoms with Crippen LogP contribution in [0, 0.1) is 11.8 Å². The van der Waals surface area contributed by atoms with Crippen molar-refractivity contribution >= 4 is 17.5 Å². The molecule has 0 aliphatic carbocycles. The average molecular weight is 340 g/mol. The van der Waals surface area contributed by atoms with Crippen molar-refractivity contribution in [2.45, 2.75) is 6.18 Å². The van der Waals surface area contributed by atoms with Crippen molar-refractivity contribution in [3.05, 3.63) is 58.6 Å². The predicted octanol–water partition coefficient (Wildman–Crippen LogP) is 2.82. The van der Waals surface area contributed by atoms with Crippen LogP contribution >= 0.6 is 11.6 Å². The van der Waals surface area contributed by atoms with Crippen LogP contribution in [0.25, 0.3) is 0 Å². The first-order valence-electron chi connectivity index (χ1n) is 6.28. The standard InChI is InChI=1S/C15H9ClF3N3O/c16-13-7-10(5-6-20-13)1-2-11-3-4-12(21-8-11)14(23)22-9-15(17,18)19/h3-8H,9H2,(H,22,23). The molecule has 2 aromatic heterocycles. The maximum absolute atomic E-state index is 12.0. The van der Waals surface area contributed by atoms with Crippen molar-refractivity contribution in [3.63, 3.8) is 0 Å². The Morgan fingerprint density at radius 2 is 1.91 bits per heavy atom. The minimum Gasteiger partial charge on any atom is -0.342 e. The van der Waals surface area contributed by atoms with E-state index < -0.39 is 18.6 Å². The lowest BCUT2D eigenvalue weighted by Gasteiger charge is -2.07. The average Bonchev–Trinajstić information content (AvgIpc) is 2.50. The summed E-state index contributed by atoms with van der Waals surface area (Å²) in [6, 6.07) is 6.05. The van der Waals surface area contributed by atoms with E-state index in [-0.39, 0.29) is 5.69 Å². The molecule has 0 atom stereocenters. The first-order chi connectivity index (χ1) is 10.8. The third-order valence-corrected chi connectivity index (χ3v) is 2.73. The van der Waals surface area contributed by atoms with Gasteiger partial charge in [0.15, 0.2) is 0 Å². The Kier molecular flexibility index (Phi) is 5.19. The van der Waals surface area contributed by atoms with Gasteiger partial charge in [-0.15, -0.1) is 0 Å². The molecule has 2 rings (SSSR count). The van der Waals surface area contributed by atoms with E-state index in [0.29, 0.717) is 16.3 Å². The fourth-order valence-electron chi connectivity index (χ4n) is 1.50. The van der Waals surface area contributed by atoms with Gasteiger partial charge in [0.05, 0.1) is 0 Å². The molecule has 2 aromatic rings. The van der Waals surface area contributed by atoms with Crippen LogP contribution in [0.5, 0.6) is 0 Å². The molecule has 2 heterocycles. The number of carbonyl (C=O) groups excluding carboxylic acids is 1. The van der Waals surface area contributed by atoms with E-state index in [9.17, 15) is 18.0 Å². The Labute approximate surface area is 134 Å². The lowest BCUT2D eigenvalue weighted by Crippen LogP contribution is -2.34. The molecule has 0 bridgehead atoms. The third-order valence-electron chi connectivity index (χ3n) is 2.52. The second kappa shape index (κ2) is 7.11. The summed E-state index contributed by atoms with van der Waals surface area (Å²) in [5.41, 5.74) is 1.04. The lowest BCUT2D eigenvalue weighted by molar-refractivity contribution is -0.123. The van der Waals surface area contributed by atoms with Gasteiger partial charge in [0, 0.05) is 23.5 Å². The van der Waals surface area contributed by atoms with Gasteiger partial charge in [-0.1, -0.05) is 23.4 Å². The normalized spacial score (nSPS) is 10.6. The summed E-state index contributed by atoms with van der Waals surface area (Å²) in [6.45, 7) is -1.40. The van der Waals surface area contributed by atoms with Crippen molar-refractivity contribution in [1.29, 1.82) is 0 Å². The van der Waals surface area contributed by atoms with E-state index in [1.54, 1.807) is 17.4 Å². The Bertz CT molecular complexity index is 764. The number of nitrogens with zero attached hydrogens (tertiary/aromatic N) is 2. The molecule has 1 N–H and O–H groups in total. The smallest absolute Gasteiger partial charge is 0.342 e. The summed E-state index contributed by atoms with van der Waals surface area (Å²) in [4.78, 5) is 19.1. The molecule has 4 nitrogen and oxygen atoms in total. The van der Waals surface area contributed by atoms with Gasteiger partial charge in [-0.3, -0.25) is 4.79 Å². The van der Waals surface area contributed by atoms with Crippen LogP contribution in [-0.2, 0) is 0 Å². The van der Waals surface area contributed by atoms with Gasteiger partial charge in [-0.2, -0.15) is 13.2 Å². The second-order valence-electron chi connectivity index (χ2n) is 4.35. The van der Waals surface area contributed by atoms with Gasteiger partial charge in [0.2, 0.25) is 0 Å². The molecule has 8 heteroatoms. The van der Waals surface area contributed by atoms with Crippen LogP contribution in [0.3, 0.4) is 0 Å². The first-order valence-corrected chi connectivity index (χ1v) is 6.66. The summed E-state index contributed by atoms with van der Waals surface area (Å²) in [6.07, 6.45) is -1.65. The second-order valence-corrected chi connectivity index (χ2v) is 4.73. The maximum atomic E-state index is 12.0. The van der Waals surface area contributed by atoms with E-state index in [1.165, 1.54) is 24.5 Å². The third kappa shape index (κ3) is 5.60. The molecule has 23 heavy (non-hydrogen) atoms. The summed E-state index contributed by atoms with van der Waals surface area (Å²) in [7, 11) is 0. The van der Waals surface area contributed by atoms with Gasteiger partial charge < -0.3 is 5.32 Å². The fraction of sp³-hybridized carbons (Fsp3) is 0.133. The summed E-state index contributed by atoms with van der Waals surface area (Å²) >= 11 is 5.73. The minimum absolute atomic E-state index is 0.119. The van der Waals surface area contributed by atoms with Crippen LogP contribution in [0.15, 0.2) is 36.7 Å². The van der Waals surface area contributed by atoms with E-state index in [2.05, 4.69) is 21.8 Å². The number of nitrogens with one attached hydrogen (secondary N) is 1. The van der Waals surface area contributed by atoms with Crippen LogP contribution in [0.4, 0.5) is 13.2 Å². The van der Waals surface area contributed by atoms with Gasteiger partial charge in [0.25, 0.3) is 5.91 Å². The van der Waals surface area contributed by atoms with Crippen molar-refractivity contribution in [2.24, 2.45) is 0 Å². The first kappa shape index (κ1) is 16.8. The van der Waals surface area contributed by atoms with E-state index in [1.807, 2.05) is 0 Å². The highest BCUT2D eigenvalue weighted by Gasteiger charge is 2.28. The van der Waals surface area contributed by atoms with E-state index >= 15 is 0 Å². The molecular weight excluding hydrogens is 331 g/mol. The predicted molar refractivity (Wildman–Crippen MR) is 77.9 cm³/mol. The number of rotatable bonds is 2. The highest BCUT2D eigenvalue weighted by Crippen LogP contribution is 2.12. The van der Waals surface area contributed by atoms with Crippen molar-refractivity contribution in [1.82, 2.24) is 15.3 Å². The quantitative estimate of drug-likeness (QED) is 0.676. The van der Waals surface area contributed by atoms with Crippen molar-refractivity contribution in [3.8, 4) is 11.8 Å². The van der Waals surface area contributed by atoms with Crippen LogP contribution < -0.4 is 5.32 Å². The maximum Gasteiger partial charge on any atom is 0.405 e. The summed E-state index contributed by atoms with van der Waals surface area (Å²) < 4.78 is 36.1. The number of carbonyl (C=O) groups is 1. The molecule has 0 spiro atoms.